The lowest BCUT2D eigenvalue weighted by molar-refractivity contribution is 0.265. The van der Waals surface area contributed by atoms with Crippen LogP contribution in [0.3, 0.4) is 0 Å². The molecule has 0 radical (unpaired) electrons. The van der Waals surface area contributed by atoms with E-state index in [0.717, 1.165) is 11.8 Å². The van der Waals surface area contributed by atoms with Crippen molar-refractivity contribution in [1.29, 1.82) is 0 Å². The number of hydrogen-bond acceptors (Lipinski definition) is 3. The van der Waals surface area contributed by atoms with Crippen LogP contribution in [0.2, 0.25) is 0 Å². The van der Waals surface area contributed by atoms with Gasteiger partial charge in [0.2, 0.25) is 5.82 Å². The normalized spacial score (nSPS) is 12.9. The molecule has 0 N–H and O–H groups in total. The minimum absolute atomic E-state index is 0.0676. The van der Waals surface area contributed by atoms with Crippen LogP contribution < -0.4 is 4.74 Å². The molecule has 0 saturated carbocycles. The summed E-state index contributed by atoms with van der Waals surface area (Å²) >= 11 is 6.51. The Morgan fingerprint density at radius 1 is 1.38 bits per heavy atom. The maximum atomic E-state index is 13.5. The third kappa shape index (κ3) is 1.23. The van der Waals surface area contributed by atoms with Crippen LogP contribution in [0.25, 0.3) is 5.69 Å². The monoisotopic (exact) mass is 257 g/mol. The minimum Gasteiger partial charge on any atom is -0.482 e. The Kier molecular flexibility index (Phi) is 2.08. The van der Waals surface area contributed by atoms with E-state index < -0.39 is 11.6 Å². The second-order valence-corrected chi connectivity index (χ2v) is 4.83. The van der Waals surface area contributed by atoms with Crippen molar-refractivity contribution >= 4 is 23.6 Å². The molecule has 2 nitrogen and oxygen atoms in total. The Morgan fingerprint density at radius 3 is 3.00 bits per heavy atom. The van der Waals surface area contributed by atoms with Crippen LogP contribution in [0.4, 0.5) is 8.78 Å². The molecule has 0 unspecified atom stereocenters. The second kappa shape index (κ2) is 3.36. The first-order valence-corrected chi connectivity index (χ1v) is 5.78. The van der Waals surface area contributed by atoms with Crippen molar-refractivity contribution in [3.8, 4) is 11.4 Å². The van der Waals surface area contributed by atoms with Gasteiger partial charge in [-0.25, -0.2) is 4.39 Å². The van der Waals surface area contributed by atoms with E-state index in [4.69, 9.17) is 17.0 Å². The maximum absolute atomic E-state index is 13.5. The summed E-state index contributed by atoms with van der Waals surface area (Å²) in [6.45, 7) is 0.209. The highest BCUT2D eigenvalue weighted by atomic mass is 32.1. The van der Waals surface area contributed by atoms with Crippen LogP contribution in [-0.4, -0.2) is 4.57 Å². The number of benzene rings is 1. The molecule has 0 spiro atoms. The molecule has 1 aromatic carbocycles. The molecule has 1 aliphatic heterocycles. The Balaban J connectivity index is 2.37. The van der Waals surface area contributed by atoms with Crippen molar-refractivity contribution in [3.63, 3.8) is 0 Å². The third-order valence-corrected chi connectivity index (χ3v) is 3.65. The molecule has 16 heavy (non-hydrogen) atoms. The van der Waals surface area contributed by atoms with Crippen LogP contribution in [0.1, 0.15) is 5.69 Å². The molecule has 0 amide bonds. The number of halogens is 2. The van der Waals surface area contributed by atoms with Gasteiger partial charge < -0.3 is 4.74 Å². The molecule has 3 rings (SSSR count). The van der Waals surface area contributed by atoms with E-state index in [1.807, 2.05) is 5.38 Å². The summed E-state index contributed by atoms with van der Waals surface area (Å²) in [6, 6.07) is 2.55. The van der Waals surface area contributed by atoms with Gasteiger partial charge in [0.05, 0.1) is 11.4 Å². The molecule has 6 heteroatoms. The van der Waals surface area contributed by atoms with E-state index in [1.54, 1.807) is 4.57 Å². The van der Waals surface area contributed by atoms with Crippen LogP contribution in [0.15, 0.2) is 17.5 Å². The van der Waals surface area contributed by atoms with Crippen LogP contribution in [-0.2, 0) is 6.61 Å². The first-order valence-electron chi connectivity index (χ1n) is 4.49. The van der Waals surface area contributed by atoms with Gasteiger partial charge in [-0.15, -0.1) is 11.3 Å². The number of thiazole rings is 1. The average Bonchev–Trinajstić information content (AvgIpc) is 2.66. The fraction of sp³-hybridized carbons (Fsp3) is 0.100. The van der Waals surface area contributed by atoms with Gasteiger partial charge in [0, 0.05) is 5.38 Å². The summed E-state index contributed by atoms with van der Waals surface area (Å²) < 4.78 is 34.0. The lowest BCUT2D eigenvalue weighted by Crippen LogP contribution is -2.14. The highest BCUT2D eigenvalue weighted by Gasteiger charge is 2.23. The topological polar surface area (TPSA) is 14.2 Å². The maximum Gasteiger partial charge on any atom is 0.202 e. The van der Waals surface area contributed by atoms with Gasteiger partial charge in [-0.2, -0.15) is 4.39 Å². The third-order valence-electron chi connectivity index (χ3n) is 2.40. The Labute approximate surface area is 98.7 Å². The molecular weight excluding hydrogens is 252 g/mol. The highest BCUT2D eigenvalue weighted by Crippen LogP contribution is 2.35. The van der Waals surface area contributed by atoms with Gasteiger partial charge in [-0.3, -0.25) is 4.57 Å². The Morgan fingerprint density at radius 2 is 2.19 bits per heavy atom. The lowest BCUT2D eigenvalue weighted by Gasteiger charge is -2.20. The van der Waals surface area contributed by atoms with Crippen LogP contribution in [0.5, 0.6) is 5.75 Å². The van der Waals surface area contributed by atoms with Crippen molar-refractivity contribution in [3.05, 3.63) is 38.8 Å². The number of ether oxygens (including phenoxy) is 1. The van der Waals surface area contributed by atoms with Gasteiger partial charge >= 0.3 is 0 Å². The van der Waals surface area contributed by atoms with Crippen molar-refractivity contribution in [2.75, 3.05) is 0 Å². The van der Waals surface area contributed by atoms with E-state index in [9.17, 15) is 8.78 Å². The quantitative estimate of drug-likeness (QED) is 0.671. The summed E-state index contributed by atoms with van der Waals surface area (Å²) in [5, 5.41) is 1.85. The van der Waals surface area contributed by atoms with Crippen molar-refractivity contribution in [1.82, 2.24) is 4.57 Å². The zero-order chi connectivity index (χ0) is 11.3. The highest BCUT2D eigenvalue weighted by molar-refractivity contribution is 7.73. The molecule has 0 bridgehead atoms. The zero-order valence-corrected chi connectivity index (χ0v) is 9.50. The fourth-order valence-electron chi connectivity index (χ4n) is 1.67. The number of nitrogens with zero attached hydrogens (tertiary/aromatic N) is 1. The Bertz CT molecular complexity index is 632. The SMILES string of the molecule is Fc1ccc2c(c1F)OCc1csc(=S)n1-2. The van der Waals surface area contributed by atoms with Crippen molar-refractivity contribution < 1.29 is 13.5 Å². The summed E-state index contributed by atoms with van der Waals surface area (Å²) in [5.41, 5.74) is 1.32. The number of fused-ring (bicyclic) bond motifs is 3. The summed E-state index contributed by atoms with van der Waals surface area (Å²) in [5.74, 6) is -1.94. The standard InChI is InChI=1S/C10H5F2NOS2/c11-6-1-2-7-9(8(6)12)14-3-5-4-16-10(15)13(5)7/h1-2,4H,3H2. The van der Waals surface area contributed by atoms with Gasteiger partial charge in [0.15, 0.2) is 15.5 Å². The second-order valence-electron chi connectivity index (χ2n) is 3.33. The van der Waals surface area contributed by atoms with E-state index in [1.165, 1.54) is 17.4 Å². The van der Waals surface area contributed by atoms with E-state index >= 15 is 0 Å². The van der Waals surface area contributed by atoms with E-state index in [-0.39, 0.29) is 12.4 Å². The van der Waals surface area contributed by atoms with E-state index in [2.05, 4.69) is 0 Å². The smallest absolute Gasteiger partial charge is 0.202 e. The van der Waals surface area contributed by atoms with Gasteiger partial charge in [-0.05, 0) is 24.4 Å². The molecule has 82 valence electrons. The average molecular weight is 257 g/mol. The first-order chi connectivity index (χ1) is 7.68. The molecule has 2 aromatic rings. The lowest BCUT2D eigenvalue weighted by atomic mass is 10.2. The zero-order valence-electron chi connectivity index (χ0n) is 7.87. The molecule has 0 saturated heterocycles. The predicted molar refractivity (Wildman–Crippen MR) is 58.7 cm³/mol. The van der Waals surface area contributed by atoms with Crippen LogP contribution >= 0.6 is 23.6 Å². The molecular formula is C10H5F2NOS2. The van der Waals surface area contributed by atoms with Crippen molar-refractivity contribution in [2.45, 2.75) is 6.61 Å². The first kappa shape index (κ1) is 9.92. The van der Waals surface area contributed by atoms with Gasteiger partial charge in [-0.1, -0.05) is 0 Å². The fourth-order valence-corrected chi connectivity index (χ4v) is 2.77. The number of rotatable bonds is 0. The Hall–Kier alpha value is -1.27. The molecule has 0 fully saturated rings. The number of hydrogen-bond donors (Lipinski definition) is 0. The molecule has 1 aliphatic rings. The summed E-state index contributed by atoms with van der Waals surface area (Å²) in [6.07, 6.45) is 0. The molecule has 0 atom stereocenters. The van der Waals surface area contributed by atoms with Crippen molar-refractivity contribution in [2.24, 2.45) is 0 Å². The summed E-state index contributed by atoms with van der Waals surface area (Å²) in [7, 11) is 0. The molecule has 2 heterocycles. The van der Waals surface area contributed by atoms with Gasteiger partial charge in [0.25, 0.3) is 0 Å². The largest absolute Gasteiger partial charge is 0.482 e. The number of aromatic nitrogens is 1. The molecule has 0 aliphatic carbocycles. The van der Waals surface area contributed by atoms with Gasteiger partial charge in [0.1, 0.15) is 6.61 Å². The van der Waals surface area contributed by atoms with Crippen LogP contribution in [0, 0.1) is 15.6 Å². The predicted octanol–water partition coefficient (Wildman–Crippen LogP) is 3.44. The molecule has 1 aromatic heterocycles. The summed E-state index contributed by atoms with van der Waals surface area (Å²) in [4.78, 5) is 0. The van der Waals surface area contributed by atoms with E-state index in [0.29, 0.717) is 9.64 Å². The minimum atomic E-state index is -0.962.